The van der Waals surface area contributed by atoms with Crippen LogP contribution in [-0.4, -0.2) is 37.3 Å². The van der Waals surface area contributed by atoms with Gasteiger partial charge in [-0.15, -0.1) is 21.5 Å². The summed E-state index contributed by atoms with van der Waals surface area (Å²) < 4.78 is 1.82. The van der Waals surface area contributed by atoms with Crippen LogP contribution >= 0.6 is 34.7 Å². The molecule has 0 saturated heterocycles. The number of aromatic nitrogens is 4. The second-order valence-electron chi connectivity index (χ2n) is 7.24. The van der Waals surface area contributed by atoms with Gasteiger partial charge in [-0.05, 0) is 36.6 Å². The van der Waals surface area contributed by atoms with Crippen molar-refractivity contribution in [1.82, 2.24) is 25.1 Å². The number of hydrogen-bond donors (Lipinski definition) is 2. The molecule has 0 fully saturated rings. The van der Waals surface area contributed by atoms with Crippen molar-refractivity contribution in [2.45, 2.75) is 31.5 Å². The number of rotatable bonds is 9. The molecule has 1 unspecified atom stereocenters. The summed E-state index contributed by atoms with van der Waals surface area (Å²) in [5.74, 6) is 0.769. The summed E-state index contributed by atoms with van der Waals surface area (Å²) in [6.45, 7) is 4.16. The van der Waals surface area contributed by atoms with Crippen molar-refractivity contribution in [1.29, 1.82) is 0 Å². The predicted octanol–water partition coefficient (Wildman–Crippen LogP) is 4.17. The highest BCUT2D eigenvalue weighted by Gasteiger charge is 2.23. The van der Waals surface area contributed by atoms with Gasteiger partial charge in [-0.2, -0.15) is 0 Å². The molecule has 1 atom stereocenters. The van der Waals surface area contributed by atoms with Crippen molar-refractivity contribution < 1.29 is 9.59 Å². The van der Waals surface area contributed by atoms with Gasteiger partial charge >= 0.3 is 0 Å². The quantitative estimate of drug-likeness (QED) is 0.447. The Labute approximate surface area is 193 Å². The first kappa shape index (κ1) is 23.2. The number of thioether (sulfide) groups is 1. The lowest BCUT2D eigenvalue weighted by atomic mass is 10.0. The van der Waals surface area contributed by atoms with Crippen LogP contribution in [0.1, 0.15) is 42.5 Å². The lowest BCUT2D eigenvalue weighted by Crippen LogP contribution is -2.31. The number of thiazole rings is 1. The average Bonchev–Trinajstić information content (AvgIpc) is 3.35. The van der Waals surface area contributed by atoms with Crippen molar-refractivity contribution >= 4 is 51.6 Å². The monoisotopic (exact) mass is 478 g/mol. The summed E-state index contributed by atoms with van der Waals surface area (Å²) in [6, 6.07) is 6.41. The van der Waals surface area contributed by atoms with Crippen molar-refractivity contribution in [2.75, 3.05) is 11.1 Å². The summed E-state index contributed by atoms with van der Waals surface area (Å²) in [6.07, 6.45) is 2.33. The molecule has 0 aliphatic heterocycles. The zero-order chi connectivity index (χ0) is 22.4. The fourth-order valence-corrected chi connectivity index (χ4v) is 4.26. The van der Waals surface area contributed by atoms with Gasteiger partial charge in [0.1, 0.15) is 0 Å². The molecule has 0 bridgehead atoms. The highest BCUT2D eigenvalue weighted by atomic mass is 35.5. The Balaban J connectivity index is 1.68. The number of halogens is 1. The minimum Gasteiger partial charge on any atom is -0.342 e. The highest BCUT2D eigenvalue weighted by molar-refractivity contribution is 7.99. The second kappa shape index (κ2) is 10.7. The number of benzene rings is 1. The van der Waals surface area contributed by atoms with Crippen molar-refractivity contribution in [3.05, 3.63) is 52.3 Å². The largest absolute Gasteiger partial charge is 0.342 e. The summed E-state index contributed by atoms with van der Waals surface area (Å²) in [4.78, 5) is 28.9. The smallest absolute Gasteiger partial charge is 0.251 e. The Kier molecular flexibility index (Phi) is 8.05. The molecule has 3 rings (SSSR count). The van der Waals surface area contributed by atoms with E-state index in [1.165, 1.54) is 23.1 Å². The molecule has 3 aromatic rings. The van der Waals surface area contributed by atoms with Gasteiger partial charge in [0.25, 0.3) is 5.91 Å². The maximum Gasteiger partial charge on any atom is 0.251 e. The van der Waals surface area contributed by atoms with E-state index in [1.807, 2.05) is 11.6 Å². The van der Waals surface area contributed by atoms with E-state index in [9.17, 15) is 9.59 Å². The number of amides is 2. The minimum absolute atomic E-state index is 0.167. The van der Waals surface area contributed by atoms with Gasteiger partial charge in [-0.3, -0.25) is 9.59 Å². The number of anilines is 1. The SMILES string of the molecule is CC(C)CC(NC(=O)c1ccc(Cl)cc1)c1nnc(SCC(=O)Nc2nccs2)n1C. The maximum absolute atomic E-state index is 12.7. The lowest BCUT2D eigenvalue weighted by molar-refractivity contribution is -0.113. The zero-order valence-corrected chi connectivity index (χ0v) is 19.7. The molecule has 11 heteroatoms. The zero-order valence-electron chi connectivity index (χ0n) is 17.3. The highest BCUT2D eigenvalue weighted by Crippen LogP contribution is 2.24. The molecule has 2 amide bonds. The molecule has 2 heterocycles. The molecular weight excluding hydrogens is 456 g/mol. The molecule has 0 saturated carbocycles. The Morgan fingerprint density at radius 2 is 1.97 bits per heavy atom. The molecule has 164 valence electrons. The van der Waals surface area contributed by atoms with E-state index >= 15 is 0 Å². The van der Waals surface area contributed by atoms with Gasteiger partial charge in [-0.25, -0.2) is 4.98 Å². The van der Waals surface area contributed by atoms with Gasteiger partial charge in [0, 0.05) is 29.2 Å². The van der Waals surface area contributed by atoms with Gasteiger partial charge in [0.15, 0.2) is 16.1 Å². The fraction of sp³-hybridized carbons (Fsp3) is 0.350. The normalized spacial score (nSPS) is 12.0. The third-order valence-electron chi connectivity index (χ3n) is 4.31. The maximum atomic E-state index is 12.7. The number of carbonyl (C=O) groups excluding carboxylic acids is 2. The lowest BCUT2D eigenvalue weighted by Gasteiger charge is -2.20. The van der Waals surface area contributed by atoms with E-state index in [1.54, 1.807) is 35.8 Å². The third kappa shape index (κ3) is 6.52. The van der Waals surface area contributed by atoms with Crippen LogP contribution in [0.4, 0.5) is 5.13 Å². The van der Waals surface area contributed by atoms with Crippen LogP contribution in [0, 0.1) is 5.92 Å². The van der Waals surface area contributed by atoms with E-state index in [-0.39, 0.29) is 23.6 Å². The molecular formula is C20H23ClN6O2S2. The molecule has 0 radical (unpaired) electrons. The Hall–Kier alpha value is -2.43. The average molecular weight is 479 g/mol. The summed E-state index contributed by atoms with van der Waals surface area (Å²) in [5.41, 5.74) is 0.522. The molecule has 2 N–H and O–H groups in total. The predicted molar refractivity (Wildman–Crippen MR) is 124 cm³/mol. The van der Waals surface area contributed by atoms with Gasteiger partial charge < -0.3 is 15.2 Å². The molecule has 2 aromatic heterocycles. The minimum atomic E-state index is -0.320. The Morgan fingerprint density at radius 3 is 2.61 bits per heavy atom. The number of nitrogens with one attached hydrogen (secondary N) is 2. The third-order valence-corrected chi connectivity index (χ3v) is 6.27. The second-order valence-corrected chi connectivity index (χ2v) is 9.51. The number of carbonyl (C=O) groups is 2. The van der Waals surface area contributed by atoms with Crippen LogP contribution in [0.15, 0.2) is 41.0 Å². The first-order valence-corrected chi connectivity index (χ1v) is 11.9. The number of hydrogen-bond acceptors (Lipinski definition) is 7. The van der Waals surface area contributed by atoms with Gasteiger partial charge in [-0.1, -0.05) is 37.2 Å². The van der Waals surface area contributed by atoms with Crippen LogP contribution < -0.4 is 10.6 Å². The van der Waals surface area contributed by atoms with Crippen LogP contribution in [-0.2, 0) is 11.8 Å². The summed E-state index contributed by atoms with van der Waals surface area (Å²) in [5, 5.41) is 17.8. The van der Waals surface area contributed by atoms with E-state index < -0.39 is 0 Å². The molecule has 31 heavy (non-hydrogen) atoms. The molecule has 0 aliphatic carbocycles. The van der Waals surface area contributed by atoms with Crippen molar-refractivity contribution in [3.63, 3.8) is 0 Å². The number of nitrogens with zero attached hydrogens (tertiary/aromatic N) is 4. The summed E-state index contributed by atoms with van der Waals surface area (Å²) >= 11 is 8.55. The van der Waals surface area contributed by atoms with Gasteiger partial charge in [0.05, 0.1) is 11.8 Å². The molecule has 0 aliphatic rings. The van der Waals surface area contributed by atoms with Crippen LogP contribution in [0.25, 0.3) is 0 Å². The molecule has 1 aromatic carbocycles. The van der Waals surface area contributed by atoms with E-state index in [2.05, 4.69) is 39.7 Å². The first-order valence-electron chi connectivity index (χ1n) is 9.61. The standard InChI is InChI=1S/C20H23ClN6O2S2/c1-12(2)10-15(23-18(29)13-4-6-14(21)7-5-13)17-25-26-20(27(17)3)31-11-16(28)24-19-22-8-9-30-19/h4-9,12,15H,10-11H2,1-3H3,(H,23,29)(H,22,24,28). The topological polar surface area (TPSA) is 102 Å². The van der Waals surface area contributed by atoms with Gasteiger partial charge in [0.2, 0.25) is 5.91 Å². The van der Waals surface area contributed by atoms with Crippen LogP contribution in [0.3, 0.4) is 0 Å². The van der Waals surface area contributed by atoms with E-state index in [4.69, 9.17) is 11.6 Å². The molecule has 0 spiro atoms. The fourth-order valence-electron chi connectivity index (χ4n) is 2.87. The summed E-state index contributed by atoms with van der Waals surface area (Å²) in [7, 11) is 1.83. The first-order chi connectivity index (χ1) is 14.8. The van der Waals surface area contributed by atoms with Crippen LogP contribution in [0.5, 0.6) is 0 Å². The Morgan fingerprint density at radius 1 is 1.23 bits per heavy atom. The van der Waals surface area contributed by atoms with E-state index in [0.29, 0.717) is 39.0 Å². The van der Waals surface area contributed by atoms with E-state index in [0.717, 1.165) is 0 Å². The van der Waals surface area contributed by atoms with Crippen molar-refractivity contribution in [3.8, 4) is 0 Å². The molecule has 8 nitrogen and oxygen atoms in total. The van der Waals surface area contributed by atoms with Crippen LogP contribution in [0.2, 0.25) is 5.02 Å². The Bertz CT molecular complexity index is 1020. The van der Waals surface area contributed by atoms with Crippen molar-refractivity contribution in [2.24, 2.45) is 13.0 Å².